The molecule has 0 radical (unpaired) electrons. The predicted molar refractivity (Wildman–Crippen MR) is 513 cm³/mol. The SMILES string of the molecule is C=CC(=O)NCC12CCC(NC(=O)c3cc(Nc4nccc(Nc5cccc(OC)c5S(N)(=O)=O)n4)c(OC)c(OC)c3)(CC1)CC2.C=CC(=O)NCC1CCC(C(=O)Nc2cc(Nc3ncc(F)c(Nc4ccc5c(n4)NC(=O)C(C)(C)O5)n3)c(OC)c(OC)c2)CC1.C=CC(=O)NCc1ccc(C(=O)Nc2ccc(C)c(Nc3ncc(F)c(Nc4ccc5c(n4)NC(=O)C(C)(C)O5)n3)c2)cc1. The van der Waals surface area contributed by atoms with Gasteiger partial charge in [-0.15, -0.1) is 0 Å². The maximum atomic E-state index is 14.8. The van der Waals surface area contributed by atoms with Crippen molar-refractivity contribution in [2.75, 3.05) is 102 Å². The molecule has 16 N–H and O–H groups in total. The fourth-order valence-corrected chi connectivity index (χ4v) is 16.7. The van der Waals surface area contributed by atoms with Crippen LogP contribution in [0.1, 0.15) is 124 Å². The molecule has 2 aliphatic heterocycles. The minimum atomic E-state index is -4.14. The Kier molecular flexibility index (Phi) is 30.9. The van der Waals surface area contributed by atoms with Gasteiger partial charge < -0.3 is 108 Å². The van der Waals surface area contributed by atoms with Gasteiger partial charge in [0.15, 0.2) is 80.6 Å². The van der Waals surface area contributed by atoms with Gasteiger partial charge in [-0.3, -0.25) is 38.4 Å². The first-order valence-corrected chi connectivity index (χ1v) is 45.1. The molecule has 8 amide bonds. The van der Waals surface area contributed by atoms with Crippen LogP contribution in [-0.4, -0.2) is 161 Å². The number of nitrogens with two attached hydrogens (primary N) is 1. The van der Waals surface area contributed by atoms with E-state index in [1.54, 1.807) is 131 Å². The zero-order chi connectivity index (χ0) is 99.0. The number of rotatable bonds is 33. The second-order valence-electron chi connectivity index (χ2n) is 33.8. The molecule has 0 saturated heterocycles. The number of fused-ring (bicyclic) bond motifs is 5. The lowest BCUT2D eigenvalue weighted by atomic mass is 9.57. The quantitative estimate of drug-likeness (QED) is 0.0170. The third-order valence-corrected chi connectivity index (χ3v) is 24.5. The summed E-state index contributed by atoms with van der Waals surface area (Å²) in [7, 11) is 3.09. The van der Waals surface area contributed by atoms with Gasteiger partial charge in [-0.05, 0) is 224 Å². The minimum absolute atomic E-state index is 0.0101. The summed E-state index contributed by atoms with van der Waals surface area (Å²) in [6.07, 6.45) is 15.3. The van der Waals surface area contributed by atoms with Crippen molar-refractivity contribution in [3.63, 3.8) is 0 Å². The Morgan fingerprint density at radius 3 is 1.59 bits per heavy atom. The summed E-state index contributed by atoms with van der Waals surface area (Å²) >= 11 is 0. The fraction of sp³-hybridized carbons (Fsp3) is 0.305. The number of anilines is 16. The number of pyridine rings is 2. The minimum Gasteiger partial charge on any atom is -0.495 e. The van der Waals surface area contributed by atoms with Crippen LogP contribution in [0.4, 0.5) is 101 Å². The Bertz CT molecular complexity index is 6460. The third kappa shape index (κ3) is 24.5. The fourth-order valence-electron chi connectivity index (χ4n) is 15.8. The van der Waals surface area contributed by atoms with E-state index in [4.69, 9.17) is 38.3 Å². The molecule has 6 aliphatic rings. The Morgan fingerprint density at radius 1 is 0.522 bits per heavy atom. The average Bonchev–Trinajstić information content (AvgIpc) is 0.754. The van der Waals surface area contributed by atoms with Crippen molar-refractivity contribution in [1.82, 2.24) is 61.1 Å². The molecule has 16 rings (SSSR count). The molecule has 0 atom stereocenters. The Hall–Kier alpha value is -16.2. The molecular weight excluding hydrogens is 1810 g/mol. The van der Waals surface area contributed by atoms with E-state index in [0.717, 1.165) is 74.9 Å². The number of halogens is 2. The molecular formula is C95H105F2N23O17S. The van der Waals surface area contributed by atoms with Crippen LogP contribution in [0.3, 0.4) is 0 Å². The van der Waals surface area contributed by atoms with Crippen LogP contribution in [0.25, 0.3) is 0 Å². The monoisotopic (exact) mass is 1910 g/mol. The van der Waals surface area contributed by atoms with Crippen molar-refractivity contribution in [2.24, 2.45) is 22.4 Å². The van der Waals surface area contributed by atoms with Gasteiger partial charge in [0.25, 0.3) is 23.6 Å². The molecule has 138 heavy (non-hydrogen) atoms. The van der Waals surface area contributed by atoms with Gasteiger partial charge in [0.05, 0.1) is 65.0 Å². The normalized spacial score (nSPS) is 17.1. The Labute approximate surface area is 793 Å². The first kappa shape index (κ1) is 99.3. The number of ether oxygens (including phenoxy) is 7. The first-order valence-electron chi connectivity index (χ1n) is 43.5. The molecule has 40 nitrogen and oxygen atoms in total. The van der Waals surface area contributed by atoms with E-state index in [2.05, 4.69) is 134 Å². The van der Waals surface area contributed by atoms with E-state index in [1.165, 1.54) is 72.1 Å². The topological polar surface area (TPSA) is 533 Å². The van der Waals surface area contributed by atoms with Crippen molar-refractivity contribution < 1.29 is 88.7 Å². The highest BCUT2D eigenvalue weighted by atomic mass is 32.2. The van der Waals surface area contributed by atoms with Crippen LogP contribution >= 0.6 is 0 Å². The number of primary sulfonamides is 1. The van der Waals surface area contributed by atoms with E-state index in [1.807, 2.05) is 6.92 Å². The molecule has 10 aromatic rings. The zero-order valence-electron chi connectivity index (χ0n) is 77.2. The van der Waals surface area contributed by atoms with Crippen LogP contribution < -0.4 is 113 Å². The molecule has 4 fully saturated rings. The second-order valence-corrected chi connectivity index (χ2v) is 35.3. The van der Waals surface area contributed by atoms with Crippen LogP contribution in [0.5, 0.6) is 40.2 Å². The van der Waals surface area contributed by atoms with Gasteiger partial charge in [-0.25, -0.2) is 47.3 Å². The number of carbonyl (C=O) groups excluding carboxylic acids is 8. The van der Waals surface area contributed by atoms with Gasteiger partial charge in [-0.2, -0.15) is 15.0 Å². The largest absolute Gasteiger partial charge is 0.495 e. The van der Waals surface area contributed by atoms with Gasteiger partial charge in [0.1, 0.15) is 28.1 Å². The van der Waals surface area contributed by atoms with Crippen molar-refractivity contribution in [3.05, 3.63) is 206 Å². The third-order valence-electron chi connectivity index (χ3n) is 23.5. The maximum Gasteiger partial charge on any atom is 0.269 e. The van der Waals surface area contributed by atoms with Crippen molar-refractivity contribution in [1.29, 1.82) is 0 Å². The van der Waals surface area contributed by atoms with Gasteiger partial charge >= 0.3 is 0 Å². The maximum absolute atomic E-state index is 14.8. The number of carbonyl (C=O) groups is 8. The summed E-state index contributed by atoms with van der Waals surface area (Å²) in [5, 5.41) is 46.2. The molecule has 4 saturated carbocycles. The number of aromatic nitrogens is 8. The van der Waals surface area contributed by atoms with E-state index < -0.39 is 32.9 Å². The number of hydrogen-bond donors (Lipinski definition) is 15. The van der Waals surface area contributed by atoms with Crippen LogP contribution in [0.2, 0.25) is 0 Å². The van der Waals surface area contributed by atoms with Gasteiger partial charge in [0.2, 0.25) is 51.5 Å². The lowest BCUT2D eigenvalue weighted by molar-refractivity contribution is -0.130. The van der Waals surface area contributed by atoms with Crippen LogP contribution in [0.15, 0.2) is 177 Å². The molecule has 5 aromatic heterocycles. The standard InChI is InChI=1S/C32H37FN8O6.C32H39N7O7S.C31H29FN8O4/c1-6-25(42)34-15-17-7-9-18(10-8-17)29(43)36-19-13-21(26(46-5)23(14-19)45-4)37-31-35-16-20(33)27(41-31)38-24-12-11-22-28(39-24)40-30(44)32(2,3)47-22;1-5-26(40)35-19-31-10-13-32(14-11-31,15-12-31)39-29(41)20-17-22(27(46-4)24(18-20)45-3)37-30-34-16-9-25(38-30)36-21-7-6-8-23(44-2)28(21)47(33,42)43;1-5-25(41)33-15-18-7-9-19(10-8-18)28(42)35-20-11-6-17(2)22(14-20)36-30-34-16-21(32)26(40-30)37-24-13-12-23-27(38-24)39-29(43)31(3,4)44-23/h6,11-14,16-18H,1,7-10,15H2,2-5H3,(H,34,42)(H,36,43)(H3,35,37,38,39,40,41,44);5-9,16-18H,1,10-15,19H2,2-4H3,(H,35,40)(H,39,41)(H2,33,42,43)(H2,34,36,37,38);5-14,16H,1,15H2,2-4H3,(H,33,41)(H,35,42)(H3,34,36,37,38,39,40,43). The summed E-state index contributed by atoms with van der Waals surface area (Å²) < 4.78 is 93.0. The lowest BCUT2D eigenvalue weighted by Crippen LogP contribution is -2.58. The molecule has 722 valence electrons. The summed E-state index contributed by atoms with van der Waals surface area (Å²) in [4.78, 5) is 133. The molecule has 2 bridgehead atoms. The number of methoxy groups -OCH3 is 5. The molecule has 4 aliphatic carbocycles. The highest BCUT2D eigenvalue weighted by molar-refractivity contribution is 7.89. The molecule has 5 aromatic carbocycles. The summed E-state index contributed by atoms with van der Waals surface area (Å²) in [5.41, 5.74) is 2.50. The smallest absolute Gasteiger partial charge is 0.269 e. The Balaban J connectivity index is 0.000000175. The van der Waals surface area contributed by atoms with Crippen molar-refractivity contribution >= 4 is 150 Å². The van der Waals surface area contributed by atoms with E-state index in [9.17, 15) is 55.6 Å². The van der Waals surface area contributed by atoms with E-state index in [-0.39, 0.29) is 139 Å². The number of nitrogens with one attached hydrogen (secondary N) is 14. The molecule has 43 heteroatoms. The number of benzene rings is 5. The number of hydrogen-bond acceptors (Lipinski definition) is 31. The number of amides is 8. The van der Waals surface area contributed by atoms with Crippen molar-refractivity contribution in [2.45, 2.75) is 127 Å². The first-order chi connectivity index (χ1) is 65.9. The van der Waals surface area contributed by atoms with Gasteiger partial charge in [0, 0.05) is 71.5 Å². The average molecular weight is 1910 g/mol. The highest BCUT2D eigenvalue weighted by Gasteiger charge is 2.50. The molecule has 7 heterocycles. The van der Waals surface area contributed by atoms with Crippen LogP contribution in [-0.2, 0) is 45.3 Å². The number of nitrogens with zero attached hydrogens (tertiary/aromatic N) is 8. The molecule has 0 unspecified atom stereocenters. The molecule has 0 spiro atoms. The summed E-state index contributed by atoms with van der Waals surface area (Å²) in [6.45, 7) is 20.3. The van der Waals surface area contributed by atoms with E-state index in [0.29, 0.717) is 112 Å². The summed E-state index contributed by atoms with van der Waals surface area (Å²) in [6, 6.07) is 31.2. The highest BCUT2D eigenvalue weighted by Crippen LogP contribution is 2.53. The number of sulfonamides is 1. The van der Waals surface area contributed by atoms with Crippen LogP contribution in [0, 0.1) is 35.8 Å². The van der Waals surface area contributed by atoms with Gasteiger partial charge in [-0.1, -0.05) is 44.0 Å². The van der Waals surface area contributed by atoms with Crippen molar-refractivity contribution in [3.8, 4) is 40.2 Å². The second kappa shape index (κ2) is 43.0. The number of aryl methyl sites for hydroxylation is 1. The zero-order valence-corrected chi connectivity index (χ0v) is 78.0. The summed E-state index contributed by atoms with van der Waals surface area (Å²) in [5.74, 6) is -0.323. The Morgan fingerprint density at radius 2 is 1.04 bits per heavy atom. The predicted octanol–water partition coefficient (Wildman–Crippen LogP) is 13.4. The van der Waals surface area contributed by atoms with E-state index >= 15 is 0 Å². The lowest BCUT2D eigenvalue weighted by Gasteiger charge is -2.53.